The zero-order chi connectivity index (χ0) is 23.4. The summed E-state index contributed by atoms with van der Waals surface area (Å²) in [5, 5.41) is 0. The molecule has 1 saturated carbocycles. The van der Waals surface area contributed by atoms with Gasteiger partial charge in [-0.3, -0.25) is 4.79 Å². The van der Waals surface area contributed by atoms with Crippen molar-refractivity contribution in [2.24, 2.45) is 17.6 Å². The fraction of sp³-hybridized carbons (Fsp3) is 0.448. The van der Waals surface area contributed by atoms with E-state index in [0.29, 0.717) is 6.04 Å². The first-order valence-electron chi connectivity index (χ1n) is 12.4. The largest absolute Gasteiger partial charge is 1.00 e. The van der Waals surface area contributed by atoms with Crippen molar-refractivity contribution in [1.29, 1.82) is 0 Å². The quantitative estimate of drug-likeness (QED) is 0.430. The van der Waals surface area contributed by atoms with Gasteiger partial charge in [0.2, 0.25) is 5.91 Å². The molecule has 0 aliphatic heterocycles. The van der Waals surface area contributed by atoms with Crippen LogP contribution in [0.3, 0.4) is 0 Å². The fourth-order valence-corrected chi connectivity index (χ4v) is 5.94. The van der Waals surface area contributed by atoms with E-state index in [9.17, 15) is 4.79 Å². The second kappa shape index (κ2) is 11.4. The summed E-state index contributed by atoms with van der Waals surface area (Å²) in [6.07, 6.45) is 9.87. The van der Waals surface area contributed by atoms with Crippen molar-refractivity contribution in [3.05, 3.63) is 90.0 Å². The Hall–Kier alpha value is -2.40. The number of aromatic nitrogens is 2. The molecule has 5 heteroatoms. The maximum atomic E-state index is 13.3. The van der Waals surface area contributed by atoms with Crippen molar-refractivity contribution in [3.8, 4) is 0 Å². The highest BCUT2D eigenvalue weighted by Gasteiger charge is 2.51. The van der Waals surface area contributed by atoms with Crippen LogP contribution < -0.4 is 27.3 Å². The zero-order valence-electron chi connectivity index (χ0n) is 20.7. The minimum Gasteiger partial charge on any atom is -1.00 e. The van der Waals surface area contributed by atoms with Crippen LogP contribution in [-0.4, -0.2) is 10.5 Å². The van der Waals surface area contributed by atoms with Gasteiger partial charge in [0.15, 0.2) is 0 Å². The molecule has 1 amide bonds. The molecule has 2 N–H and O–H groups in total. The predicted molar refractivity (Wildman–Crippen MR) is 133 cm³/mol. The summed E-state index contributed by atoms with van der Waals surface area (Å²) in [4.78, 5) is 13.3. The molecule has 2 aromatic carbocycles. The Balaban J connectivity index is 0.00000324. The van der Waals surface area contributed by atoms with Crippen molar-refractivity contribution >= 4 is 5.91 Å². The van der Waals surface area contributed by atoms with Crippen LogP contribution in [0.2, 0.25) is 0 Å². The summed E-state index contributed by atoms with van der Waals surface area (Å²) in [5.41, 5.74) is 7.45. The van der Waals surface area contributed by atoms with E-state index in [2.05, 4.69) is 66.6 Å². The number of hydrogen-bond donors (Lipinski definition) is 1. The first-order valence-corrected chi connectivity index (χ1v) is 12.4. The van der Waals surface area contributed by atoms with Gasteiger partial charge in [-0.25, -0.2) is 9.13 Å². The standard InChI is InChI=1S/C29H37N3O.BrH/c1-22(2)11-10-18-31-19-20-32(23(31)3)27-17-16-26(21-27)29(28(30)33,24-12-6-4-7-13-24)25-14-8-5-9-15-25;/h4-9,12-15,19-20,22,26-27H,10-11,16-18,21H2,1-3H3,(H-,30,33);1H/t26-,27+;/m0./s1. The smallest absolute Gasteiger partial charge is 0.253 e. The van der Waals surface area contributed by atoms with Crippen molar-refractivity contribution in [3.63, 3.8) is 0 Å². The van der Waals surface area contributed by atoms with Gasteiger partial charge in [0.1, 0.15) is 23.9 Å². The maximum absolute atomic E-state index is 13.3. The molecule has 1 aliphatic rings. The third-order valence-corrected chi connectivity index (χ3v) is 7.63. The molecule has 0 radical (unpaired) electrons. The van der Waals surface area contributed by atoms with Crippen LogP contribution in [0.4, 0.5) is 0 Å². The molecule has 1 aromatic heterocycles. The Bertz CT molecular complexity index is 1020. The Morgan fingerprint density at radius 3 is 2.18 bits per heavy atom. The van der Waals surface area contributed by atoms with Crippen molar-refractivity contribution in [1.82, 2.24) is 4.57 Å². The number of imidazole rings is 1. The van der Waals surface area contributed by atoms with E-state index in [0.717, 1.165) is 42.9 Å². The lowest BCUT2D eigenvalue weighted by molar-refractivity contribution is -0.703. The molecule has 4 rings (SSSR count). The van der Waals surface area contributed by atoms with E-state index < -0.39 is 5.41 Å². The van der Waals surface area contributed by atoms with Crippen LogP contribution in [0.5, 0.6) is 0 Å². The van der Waals surface area contributed by atoms with Crippen molar-refractivity contribution in [2.45, 2.75) is 70.9 Å². The number of nitrogens with two attached hydrogens (primary N) is 1. The highest BCUT2D eigenvalue weighted by Crippen LogP contribution is 2.49. The molecule has 1 aliphatic carbocycles. The van der Waals surface area contributed by atoms with Gasteiger partial charge in [-0.15, -0.1) is 0 Å². The van der Waals surface area contributed by atoms with E-state index in [1.165, 1.54) is 18.7 Å². The van der Waals surface area contributed by atoms with E-state index in [-0.39, 0.29) is 28.8 Å². The fourth-order valence-electron chi connectivity index (χ4n) is 5.94. The number of rotatable bonds is 9. The molecule has 34 heavy (non-hydrogen) atoms. The number of nitrogens with zero attached hydrogens (tertiary/aromatic N) is 2. The first-order chi connectivity index (χ1) is 15.9. The minimum absolute atomic E-state index is 0. The molecule has 2 atom stereocenters. The van der Waals surface area contributed by atoms with Crippen LogP contribution >= 0.6 is 0 Å². The van der Waals surface area contributed by atoms with Gasteiger partial charge in [-0.05, 0) is 55.1 Å². The summed E-state index contributed by atoms with van der Waals surface area (Å²) in [6, 6.07) is 20.7. The molecule has 0 unspecified atom stereocenters. The Labute approximate surface area is 215 Å². The molecular weight excluding hydrogens is 486 g/mol. The summed E-state index contributed by atoms with van der Waals surface area (Å²) in [6.45, 7) is 7.85. The second-order valence-corrected chi connectivity index (χ2v) is 10.1. The van der Waals surface area contributed by atoms with Gasteiger partial charge in [-0.1, -0.05) is 74.5 Å². The third-order valence-electron chi connectivity index (χ3n) is 7.63. The van der Waals surface area contributed by atoms with Crippen LogP contribution in [0, 0.1) is 18.8 Å². The predicted octanol–water partition coefficient (Wildman–Crippen LogP) is 2.34. The van der Waals surface area contributed by atoms with E-state index in [1.807, 2.05) is 36.4 Å². The number of amides is 1. The number of aryl methyl sites for hydroxylation is 1. The number of carbonyl (C=O) groups excluding carboxylic acids is 1. The first kappa shape index (κ1) is 26.2. The van der Waals surface area contributed by atoms with Crippen LogP contribution in [-0.2, 0) is 16.8 Å². The number of halogens is 1. The number of benzene rings is 2. The maximum Gasteiger partial charge on any atom is 0.253 e. The van der Waals surface area contributed by atoms with Crippen LogP contribution in [0.15, 0.2) is 73.1 Å². The number of hydrogen-bond acceptors (Lipinski definition) is 1. The Morgan fingerprint density at radius 2 is 1.65 bits per heavy atom. The summed E-state index contributed by atoms with van der Waals surface area (Å²) >= 11 is 0. The average Bonchev–Trinajstić information content (AvgIpc) is 3.43. The second-order valence-electron chi connectivity index (χ2n) is 10.1. The van der Waals surface area contributed by atoms with Gasteiger partial charge in [-0.2, -0.15) is 0 Å². The lowest BCUT2D eigenvalue weighted by Crippen LogP contribution is -3.00. The molecule has 1 fully saturated rings. The molecule has 0 saturated heterocycles. The van der Waals surface area contributed by atoms with Gasteiger partial charge in [0, 0.05) is 6.92 Å². The summed E-state index contributed by atoms with van der Waals surface area (Å²) in [7, 11) is 0. The number of primary amides is 1. The zero-order valence-corrected chi connectivity index (χ0v) is 22.2. The molecule has 3 aromatic rings. The highest BCUT2D eigenvalue weighted by molar-refractivity contribution is 5.91. The van der Waals surface area contributed by atoms with Crippen LogP contribution in [0.25, 0.3) is 0 Å². The SMILES string of the molecule is Cc1n([C@@H]2CC[C@H](C(C(N)=O)(c3ccccc3)c3ccccc3)C2)cc[n+]1CCCC(C)C.[Br-]. The van der Waals surface area contributed by atoms with Gasteiger partial charge in [0.05, 0.1) is 6.54 Å². The number of carbonyl (C=O) groups is 1. The van der Waals surface area contributed by atoms with Gasteiger partial charge < -0.3 is 22.7 Å². The molecule has 182 valence electrons. The monoisotopic (exact) mass is 523 g/mol. The molecule has 4 nitrogen and oxygen atoms in total. The lowest BCUT2D eigenvalue weighted by atomic mass is 9.64. The van der Waals surface area contributed by atoms with Gasteiger partial charge >= 0.3 is 0 Å². The molecular formula is C29H38BrN3O. The third kappa shape index (κ3) is 5.00. The molecule has 0 spiro atoms. The van der Waals surface area contributed by atoms with Crippen LogP contribution in [0.1, 0.15) is 68.9 Å². The average molecular weight is 525 g/mol. The summed E-state index contributed by atoms with van der Waals surface area (Å²) in [5.74, 6) is 1.94. The topological polar surface area (TPSA) is 51.9 Å². The van der Waals surface area contributed by atoms with Gasteiger partial charge in [0.25, 0.3) is 5.82 Å². The van der Waals surface area contributed by atoms with Crippen molar-refractivity contribution < 1.29 is 26.3 Å². The Morgan fingerprint density at radius 1 is 1.06 bits per heavy atom. The lowest BCUT2D eigenvalue weighted by Gasteiger charge is -2.37. The summed E-state index contributed by atoms with van der Waals surface area (Å²) < 4.78 is 4.81. The van der Waals surface area contributed by atoms with Crippen molar-refractivity contribution in [2.75, 3.05) is 0 Å². The Kier molecular flexibility index (Phi) is 8.75. The highest BCUT2D eigenvalue weighted by atomic mass is 79.9. The normalized spacial score (nSPS) is 18.1. The molecule has 1 heterocycles. The van der Waals surface area contributed by atoms with E-state index in [4.69, 9.17) is 5.73 Å². The van der Waals surface area contributed by atoms with E-state index in [1.54, 1.807) is 0 Å². The van der Waals surface area contributed by atoms with E-state index >= 15 is 0 Å². The minimum atomic E-state index is -0.814. The molecule has 0 bridgehead atoms.